The molecule has 0 aliphatic carbocycles. The van der Waals surface area contributed by atoms with Crippen molar-refractivity contribution in [1.82, 2.24) is 9.55 Å². The van der Waals surface area contributed by atoms with Gasteiger partial charge in [0.1, 0.15) is 23.4 Å². The van der Waals surface area contributed by atoms with Crippen LogP contribution >= 0.6 is 20.0 Å². The molecule has 0 fully saturated rings. The highest BCUT2D eigenvalue weighted by Gasteiger charge is 2.17. The molecule has 30 heavy (non-hydrogen) atoms. The highest BCUT2D eigenvalue weighted by Crippen LogP contribution is 2.32. The molecular weight excluding hydrogens is 425 g/mol. The van der Waals surface area contributed by atoms with Crippen LogP contribution in [0.4, 0.5) is 5.69 Å². The van der Waals surface area contributed by atoms with Gasteiger partial charge in [0.15, 0.2) is 8.38 Å². The average molecular weight is 452 g/mol. The summed E-state index contributed by atoms with van der Waals surface area (Å²) in [6, 6.07) is 14.2. The molecule has 0 amide bonds. The largest absolute Gasteiger partial charge is 0.378 e. The van der Waals surface area contributed by atoms with Gasteiger partial charge in [-0.1, -0.05) is 41.9 Å². The lowest BCUT2D eigenvalue weighted by molar-refractivity contribution is 0.0311. The fourth-order valence-corrected chi connectivity index (χ4v) is 3.87. The van der Waals surface area contributed by atoms with Crippen LogP contribution in [0.1, 0.15) is 37.6 Å². The van der Waals surface area contributed by atoms with Crippen molar-refractivity contribution in [2.24, 2.45) is 0 Å². The Morgan fingerprint density at radius 2 is 2.00 bits per heavy atom. The zero-order valence-electron chi connectivity index (χ0n) is 17.0. The molecule has 7 nitrogen and oxygen atoms in total. The number of pyridine rings is 1. The third-order valence-corrected chi connectivity index (χ3v) is 5.46. The number of hydrogen-bond acceptors (Lipinski definition) is 6. The monoisotopic (exact) mass is 451 g/mol. The molecule has 2 atom stereocenters. The van der Waals surface area contributed by atoms with Crippen molar-refractivity contribution in [3.8, 4) is 0 Å². The van der Waals surface area contributed by atoms with Crippen LogP contribution in [-0.2, 0) is 9.47 Å². The van der Waals surface area contributed by atoms with Crippen LogP contribution < -0.4 is 5.32 Å². The molecule has 0 aliphatic heterocycles. The Morgan fingerprint density at radius 1 is 1.23 bits per heavy atom. The van der Waals surface area contributed by atoms with E-state index in [2.05, 4.69) is 29.4 Å². The first kappa shape index (κ1) is 22.9. The maximum absolute atomic E-state index is 8.90. The Balaban J connectivity index is 1.77. The molecule has 0 aliphatic rings. The molecule has 0 radical (unpaired) electrons. The lowest BCUT2D eigenvalue weighted by atomic mass is 10.1. The van der Waals surface area contributed by atoms with E-state index in [9.17, 15) is 0 Å². The summed E-state index contributed by atoms with van der Waals surface area (Å²) in [7, 11) is -0.366. The summed E-state index contributed by atoms with van der Waals surface area (Å²) >= 11 is 6.33. The van der Waals surface area contributed by atoms with E-state index < -0.39 is 8.38 Å². The van der Waals surface area contributed by atoms with Crippen molar-refractivity contribution in [1.29, 1.82) is 0 Å². The molecule has 162 valence electrons. The average Bonchev–Trinajstić information content (AvgIpc) is 3.15. The number of nitrogens with zero attached hydrogens (tertiary/aromatic N) is 2. The summed E-state index contributed by atoms with van der Waals surface area (Å²) in [4.78, 5) is 22.3. The van der Waals surface area contributed by atoms with E-state index in [1.54, 1.807) is 7.11 Å². The Bertz CT molecular complexity index is 939. The maximum atomic E-state index is 8.90. The number of fused-ring (bicyclic) bond motifs is 1. The van der Waals surface area contributed by atoms with E-state index >= 15 is 0 Å². The van der Waals surface area contributed by atoms with Gasteiger partial charge in [0, 0.05) is 37.0 Å². The van der Waals surface area contributed by atoms with Crippen LogP contribution in [0.2, 0.25) is 5.15 Å². The topological polar surface area (TPSA) is 88.8 Å². The minimum absolute atomic E-state index is 0.0365. The van der Waals surface area contributed by atoms with Gasteiger partial charge in [-0.25, -0.2) is 4.98 Å². The van der Waals surface area contributed by atoms with Gasteiger partial charge in [-0.2, -0.15) is 0 Å². The van der Waals surface area contributed by atoms with E-state index in [1.807, 2.05) is 41.1 Å². The van der Waals surface area contributed by atoms with Crippen LogP contribution in [0.15, 0.2) is 48.7 Å². The second-order valence-electron chi connectivity index (χ2n) is 6.97. The van der Waals surface area contributed by atoms with Gasteiger partial charge in [-0.15, -0.1) is 0 Å². The van der Waals surface area contributed by atoms with Crippen molar-refractivity contribution in [3.63, 3.8) is 0 Å². The summed E-state index contributed by atoms with van der Waals surface area (Å²) in [6.45, 7) is 2.53. The number of rotatable bonds is 11. The van der Waals surface area contributed by atoms with Gasteiger partial charge in [0.05, 0.1) is 0 Å². The number of hydrogen-bond donors (Lipinski definition) is 3. The SMILES string of the molecule is COC(CCCOCP(O)O)n1ccc2c(N[C@H](C)c3ccccc3)cc(Cl)nc21. The van der Waals surface area contributed by atoms with Crippen molar-refractivity contribution >= 4 is 36.7 Å². The molecule has 1 aromatic carbocycles. The Hall–Kier alpha value is -1.73. The highest BCUT2D eigenvalue weighted by atomic mass is 35.5. The van der Waals surface area contributed by atoms with E-state index in [0.29, 0.717) is 24.6 Å². The van der Waals surface area contributed by atoms with Crippen LogP contribution in [0.25, 0.3) is 11.0 Å². The van der Waals surface area contributed by atoms with Gasteiger partial charge in [-0.3, -0.25) is 0 Å². The lowest BCUT2D eigenvalue weighted by Gasteiger charge is -2.19. The summed E-state index contributed by atoms with van der Waals surface area (Å²) in [5.74, 6) is 0. The lowest BCUT2D eigenvalue weighted by Crippen LogP contribution is -2.12. The molecule has 2 heterocycles. The minimum Gasteiger partial charge on any atom is -0.378 e. The molecule has 2 aromatic heterocycles. The molecule has 3 rings (SSSR count). The quantitative estimate of drug-likeness (QED) is 0.214. The van der Waals surface area contributed by atoms with Crippen LogP contribution in [0, 0.1) is 0 Å². The van der Waals surface area contributed by atoms with E-state index in [-0.39, 0.29) is 18.6 Å². The summed E-state index contributed by atoms with van der Waals surface area (Å²) < 4.78 is 12.9. The number of ether oxygens (including phenoxy) is 2. The first-order chi connectivity index (χ1) is 14.5. The number of anilines is 1. The fraction of sp³-hybridized carbons (Fsp3) is 0.381. The number of methoxy groups -OCH3 is 1. The standard InChI is InChI=1S/C21H27ClN3O4P/c1-15(16-7-4-3-5-8-16)23-18-13-19(22)24-21-17(18)10-11-25(21)20(28-2)9-6-12-29-14-30(26)27/h3-5,7-8,10-11,13,15,20,26-27H,6,9,12,14H2,1-2H3,(H,23,24)/t15-,20?/m1/s1. The number of benzene rings is 1. The molecule has 0 spiro atoms. The molecule has 1 unspecified atom stereocenters. The third kappa shape index (κ3) is 5.91. The summed E-state index contributed by atoms with van der Waals surface area (Å²) in [6.07, 6.45) is 3.07. The Kier molecular flexibility index (Phi) is 8.45. The highest BCUT2D eigenvalue weighted by molar-refractivity contribution is 7.44. The van der Waals surface area contributed by atoms with E-state index in [0.717, 1.165) is 16.7 Å². The Morgan fingerprint density at radius 3 is 2.70 bits per heavy atom. The number of halogens is 1. The third-order valence-electron chi connectivity index (χ3n) is 4.85. The van der Waals surface area contributed by atoms with Crippen LogP contribution in [0.5, 0.6) is 0 Å². The zero-order chi connectivity index (χ0) is 21.5. The minimum atomic E-state index is -2.02. The second kappa shape index (κ2) is 11.0. The molecule has 0 bridgehead atoms. The first-order valence-corrected chi connectivity index (χ1v) is 11.5. The maximum Gasteiger partial charge on any atom is 0.192 e. The predicted octanol–water partition coefficient (Wildman–Crippen LogP) is 5.06. The molecule has 3 N–H and O–H groups in total. The van der Waals surface area contributed by atoms with Gasteiger partial charge >= 0.3 is 0 Å². The van der Waals surface area contributed by atoms with Crippen molar-refractivity contribution in [2.75, 3.05) is 25.4 Å². The summed E-state index contributed by atoms with van der Waals surface area (Å²) in [5.41, 5.74) is 2.84. The predicted molar refractivity (Wildman–Crippen MR) is 121 cm³/mol. The van der Waals surface area contributed by atoms with Gasteiger partial charge < -0.3 is 29.1 Å². The first-order valence-electron chi connectivity index (χ1n) is 9.74. The Labute approximate surface area is 182 Å². The van der Waals surface area contributed by atoms with E-state index in [1.165, 1.54) is 5.56 Å². The van der Waals surface area contributed by atoms with E-state index in [4.69, 9.17) is 30.9 Å². The fourth-order valence-electron chi connectivity index (χ4n) is 3.38. The molecule has 3 aromatic rings. The number of aromatic nitrogens is 2. The van der Waals surface area contributed by atoms with Crippen molar-refractivity contribution < 1.29 is 19.3 Å². The molecule has 9 heteroatoms. The van der Waals surface area contributed by atoms with Gasteiger partial charge in [0.25, 0.3) is 0 Å². The zero-order valence-corrected chi connectivity index (χ0v) is 18.7. The van der Waals surface area contributed by atoms with Crippen LogP contribution in [-0.4, -0.2) is 39.4 Å². The normalized spacial score (nSPS) is 13.7. The molecular formula is C21H27ClN3O4P. The van der Waals surface area contributed by atoms with Crippen molar-refractivity contribution in [2.45, 2.75) is 32.0 Å². The van der Waals surface area contributed by atoms with Crippen molar-refractivity contribution in [3.05, 3.63) is 59.4 Å². The second-order valence-corrected chi connectivity index (χ2v) is 8.36. The molecule has 0 saturated carbocycles. The smallest absolute Gasteiger partial charge is 0.192 e. The molecule has 0 saturated heterocycles. The van der Waals surface area contributed by atoms with Crippen LogP contribution in [0.3, 0.4) is 0 Å². The van der Waals surface area contributed by atoms with Gasteiger partial charge in [-0.05, 0) is 37.5 Å². The number of nitrogens with one attached hydrogen (secondary N) is 1. The summed E-state index contributed by atoms with van der Waals surface area (Å²) in [5, 5.41) is 4.91. The van der Waals surface area contributed by atoms with Gasteiger partial charge in [0.2, 0.25) is 0 Å².